The van der Waals surface area contributed by atoms with Crippen LogP contribution in [0.4, 0.5) is 13.2 Å². The summed E-state index contributed by atoms with van der Waals surface area (Å²) in [6.07, 6.45) is 18.8. The molecule has 0 amide bonds. The third kappa shape index (κ3) is 11.1. The molecular weight excluding hydrogens is 453 g/mol. The van der Waals surface area contributed by atoms with Gasteiger partial charge in [0.25, 0.3) is 0 Å². The fourth-order valence-corrected chi connectivity index (χ4v) is 4.51. The zero-order chi connectivity index (χ0) is 25.3. The Labute approximate surface area is 209 Å². The van der Waals surface area contributed by atoms with Crippen LogP contribution in [0.2, 0.25) is 0 Å². The van der Waals surface area contributed by atoms with Gasteiger partial charge < -0.3 is 9.47 Å². The molecule has 1 aromatic carbocycles. The number of alkyl halides is 1. The van der Waals surface area contributed by atoms with Crippen molar-refractivity contribution in [1.82, 2.24) is 0 Å². The molecule has 0 N–H and O–H groups in total. The number of allylic oxidation sites excluding steroid dienone is 2. The summed E-state index contributed by atoms with van der Waals surface area (Å²) >= 11 is 0. The van der Waals surface area contributed by atoms with E-state index in [9.17, 15) is 18.0 Å². The van der Waals surface area contributed by atoms with Gasteiger partial charge in [0.05, 0.1) is 19.2 Å². The van der Waals surface area contributed by atoms with Gasteiger partial charge in [0.15, 0.2) is 11.5 Å². The third-order valence-electron chi connectivity index (χ3n) is 6.75. The summed E-state index contributed by atoms with van der Waals surface area (Å²) in [7, 11) is 0. The number of carbonyl (C=O) groups is 1. The summed E-state index contributed by atoms with van der Waals surface area (Å²) in [5.41, 5.74) is 0. The summed E-state index contributed by atoms with van der Waals surface area (Å²) in [6, 6.07) is 2.60. The van der Waals surface area contributed by atoms with Crippen molar-refractivity contribution < 1.29 is 27.4 Å². The first-order chi connectivity index (χ1) is 17.1. The summed E-state index contributed by atoms with van der Waals surface area (Å²) in [4.78, 5) is 12.5. The molecule has 6 heteroatoms. The number of hydrogen-bond acceptors (Lipinski definition) is 3. The van der Waals surface area contributed by atoms with E-state index in [1.165, 1.54) is 12.1 Å². The van der Waals surface area contributed by atoms with Gasteiger partial charge in [-0.3, -0.25) is 9.18 Å². The second-order valence-electron chi connectivity index (χ2n) is 9.66. The van der Waals surface area contributed by atoms with Crippen LogP contribution in [0.5, 0.6) is 11.5 Å². The second kappa shape index (κ2) is 17.4. The summed E-state index contributed by atoms with van der Waals surface area (Å²) in [6.45, 7) is 2.25. The van der Waals surface area contributed by atoms with Gasteiger partial charge in [0.1, 0.15) is 0 Å². The smallest absolute Gasteiger partial charge is 0.314 e. The fraction of sp³-hybridized carbons (Fsp3) is 0.690. The molecule has 0 radical (unpaired) electrons. The van der Waals surface area contributed by atoms with Crippen LogP contribution in [0.15, 0.2) is 24.3 Å². The Morgan fingerprint density at radius 3 is 2.26 bits per heavy atom. The van der Waals surface area contributed by atoms with Crippen molar-refractivity contribution in [3.05, 3.63) is 35.9 Å². The molecule has 0 aliphatic heterocycles. The van der Waals surface area contributed by atoms with Crippen molar-refractivity contribution in [2.75, 3.05) is 13.3 Å². The molecule has 0 bridgehead atoms. The molecule has 0 saturated heterocycles. The predicted octanol–water partition coefficient (Wildman–Crippen LogP) is 8.89. The average Bonchev–Trinajstić information content (AvgIpc) is 2.87. The summed E-state index contributed by atoms with van der Waals surface area (Å²) < 4.78 is 51.5. The SMILES string of the molecule is CCCCCCCOc1ccc(OC(=O)C2CCC(/C=C/CCCCCCCF)CC2)c(F)c1F. The molecule has 2 rings (SSSR count). The van der Waals surface area contributed by atoms with Crippen LogP contribution >= 0.6 is 0 Å². The van der Waals surface area contributed by atoms with E-state index in [-0.39, 0.29) is 24.1 Å². The quantitative estimate of drug-likeness (QED) is 0.0935. The molecule has 1 aliphatic carbocycles. The molecule has 198 valence electrons. The van der Waals surface area contributed by atoms with E-state index < -0.39 is 17.6 Å². The van der Waals surface area contributed by atoms with Gasteiger partial charge in [0, 0.05) is 0 Å². The minimum Gasteiger partial charge on any atom is -0.490 e. The number of ether oxygens (including phenoxy) is 2. The molecule has 0 atom stereocenters. The van der Waals surface area contributed by atoms with Gasteiger partial charge in [-0.2, -0.15) is 8.78 Å². The first-order valence-corrected chi connectivity index (χ1v) is 13.6. The number of unbranched alkanes of at least 4 members (excludes halogenated alkanes) is 9. The summed E-state index contributed by atoms with van der Waals surface area (Å²) in [5.74, 6) is -3.16. The van der Waals surface area contributed by atoms with Gasteiger partial charge in [-0.15, -0.1) is 0 Å². The topological polar surface area (TPSA) is 35.5 Å². The lowest BCUT2D eigenvalue weighted by Gasteiger charge is -2.25. The molecular formula is C29H43F3O3. The number of rotatable bonds is 17. The lowest BCUT2D eigenvalue weighted by molar-refractivity contribution is -0.140. The second-order valence-corrected chi connectivity index (χ2v) is 9.66. The maximum absolute atomic E-state index is 14.5. The van der Waals surface area contributed by atoms with Crippen LogP contribution in [-0.2, 0) is 4.79 Å². The minimum atomic E-state index is -1.18. The van der Waals surface area contributed by atoms with Crippen LogP contribution in [0.3, 0.4) is 0 Å². The van der Waals surface area contributed by atoms with Crippen molar-refractivity contribution in [2.45, 2.75) is 103 Å². The number of halogens is 3. The average molecular weight is 497 g/mol. The van der Waals surface area contributed by atoms with E-state index in [4.69, 9.17) is 9.47 Å². The molecule has 0 spiro atoms. The Bertz CT molecular complexity index is 758. The largest absolute Gasteiger partial charge is 0.490 e. The first-order valence-electron chi connectivity index (χ1n) is 13.6. The maximum atomic E-state index is 14.5. The van der Waals surface area contributed by atoms with Gasteiger partial charge >= 0.3 is 5.97 Å². The maximum Gasteiger partial charge on any atom is 0.314 e. The van der Waals surface area contributed by atoms with Crippen LogP contribution in [0.25, 0.3) is 0 Å². The first kappa shape index (κ1) is 29.3. The highest BCUT2D eigenvalue weighted by molar-refractivity contribution is 5.75. The Kier molecular flexibility index (Phi) is 14.6. The summed E-state index contributed by atoms with van der Waals surface area (Å²) in [5, 5.41) is 0. The van der Waals surface area contributed by atoms with Gasteiger partial charge in [0.2, 0.25) is 11.6 Å². The molecule has 0 unspecified atom stereocenters. The molecule has 1 fully saturated rings. The van der Waals surface area contributed by atoms with Crippen LogP contribution in [0, 0.1) is 23.5 Å². The Morgan fingerprint density at radius 1 is 0.886 bits per heavy atom. The Morgan fingerprint density at radius 2 is 1.51 bits per heavy atom. The normalized spacial score (nSPS) is 18.2. The van der Waals surface area contributed by atoms with E-state index in [2.05, 4.69) is 19.1 Å². The number of hydrogen-bond donors (Lipinski definition) is 0. The molecule has 35 heavy (non-hydrogen) atoms. The highest BCUT2D eigenvalue weighted by Crippen LogP contribution is 2.33. The van der Waals surface area contributed by atoms with E-state index in [1.54, 1.807) is 0 Å². The van der Waals surface area contributed by atoms with E-state index in [0.717, 1.165) is 77.0 Å². The van der Waals surface area contributed by atoms with Gasteiger partial charge in [-0.25, -0.2) is 0 Å². The Balaban J connectivity index is 1.70. The van der Waals surface area contributed by atoms with E-state index in [0.29, 0.717) is 31.8 Å². The minimum absolute atomic E-state index is 0.148. The van der Waals surface area contributed by atoms with Gasteiger partial charge in [-0.1, -0.05) is 64.0 Å². The molecule has 0 aromatic heterocycles. The van der Waals surface area contributed by atoms with Crippen molar-refractivity contribution in [1.29, 1.82) is 0 Å². The van der Waals surface area contributed by atoms with Crippen LogP contribution < -0.4 is 9.47 Å². The molecule has 3 nitrogen and oxygen atoms in total. The van der Waals surface area contributed by atoms with Crippen molar-refractivity contribution in [3.8, 4) is 11.5 Å². The molecule has 1 saturated carbocycles. The fourth-order valence-electron chi connectivity index (χ4n) is 4.51. The zero-order valence-electron chi connectivity index (χ0n) is 21.3. The van der Waals surface area contributed by atoms with E-state index in [1.807, 2.05) is 0 Å². The molecule has 0 heterocycles. The standard InChI is InChI=1S/C29H43F3O3/c1-2-3-4-10-13-22-34-25-19-20-26(28(32)27(25)31)35-29(33)24-17-15-23(16-18-24)14-11-8-6-5-7-9-12-21-30/h11,14,19-20,23-24H,2-10,12-13,15-18,21-22H2,1H3/b14-11+. The van der Waals surface area contributed by atoms with Gasteiger partial charge in [-0.05, 0) is 69.4 Å². The van der Waals surface area contributed by atoms with Crippen molar-refractivity contribution in [3.63, 3.8) is 0 Å². The molecule has 1 aliphatic rings. The number of carbonyl (C=O) groups excluding carboxylic acids is 1. The predicted molar refractivity (Wildman–Crippen MR) is 135 cm³/mol. The van der Waals surface area contributed by atoms with E-state index >= 15 is 0 Å². The molecule has 1 aromatic rings. The van der Waals surface area contributed by atoms with Crippen LogP contribution in [0.1, 0.15) is 103 Å². The van der Waals surface area contributed by atoms with Crippen molar-refractivity contribution in [2.24, 2.45) is 11.8 Å². The highest BCUT2D eigenvalue weighted by atomic mass is 19.2. The monoisotopic (exact) mass is 496 g/mol. The highest BCUT2D eigenvalue weighted by Gasteiger charge is 2.28. The third-order valence-corrected chi connectivity index (χ3v) is 6.75. The Hall–Kier alpha value is -1.98. The number of esters is 1. The lowest BCUT2D eigenvalue weighted by Crippen LogP contribution is -2.25. The zero-order valence-corrected chi connectivity index (χ0v) is 21.3. The van der Waals surface area contributed by atoms with Crippen LogP contribution in [-0.4, -0.2) is 19.3 Å². The lowest BCUT2D eigenvalue weighted by atomic mass is 9.82. The van der Waals surface area contributed by atoms with Crippen molar-refractivity contribution >= 4 is 5.97 Å². The number of benzene rings is 1.